The van der Waals surface area contributed by atoms with Crippen LogP contribution in [0.2, 0.25) is 0 Å². The van der Waals surface area contributed by atoms with E-state index in [4.69, 9.17) is 11.6 Å². The van der Waals surface area contributed by atoms with Crippen LogP contribution in [0, 0.1) is 0 Å². The molecule has 0 radical (unpaired) electrons. The number of ether oxygens (including phenoxy) is 1. The summed E-state index contributed by atoms with van der Waals surface area (Å²) in [5.74, 6) is -7.94. The van der Waals surface area contributed by atoms with Crippen molar-refractivity contribution in [2.24, 2.45) is 10.7 Å². The van der Waals surface area contributed by atoms with E-state index in [1.54, 1.807) is 4.99 Å². The quantitative estimate of drug-likeness (QED) is 0.611. The van der Waals surface area contributed by atoms with E-state index >= 15 is 0 Å². The number of hydrogen-bond acceptors (Lipinski definition) is 3. The number of nitrogens with zero attached hydrogens (tertiary/aromatic N) is 1. The maximum Gasteiger partial charge on any atom is 0.448 e. The SMILES string of the molecule is NC1=NC(C(F)(F)F)(C(F)(F)F)OC1(Cl)C(F)(F)C(F)F. The van der Waals surface area contributed by atoms with Gasteiger partial charge in [-0.15, -0.1) is 0 Å². The van der Waals surface area contributed by atoms with Crippen molar-refractivity contribution >= 4 is 17.4 Å². The van der Waals surface area contributed by atoms with Gasteiger partial charge in [-0.05, 0) is 0 Å². The smallest absolute Gasteiger partial charge is 0.384 e. The zero-order valence-electron chi connectivity index (χ0n) is 9.17. The molecule has 0 saturated heterocycles. The Morgan fingerprint density at radius 2 is 1.38 bits per heavy atom. The van der Waals surface area contributed by atoms with Crippen molar-refractivity contribution in [3.05, 3.63) is 0 Å². The number of halogens is 11. The molecule has 0 spiro atoms. The summed E-state index contributed by atoms with van der Waals surface area (Å²) in [5, 5.41) is -4.60. The molecule has 124 valence electrons. The fourth-order valence-electron chi connectivity index (χ4n) is 1.30. The predicted octanol–water partition coefficient (Wildman–Crippen LogP) is 3.03. The molecule has 0 amide bonds. The third kappa shape index (κ3) is 2.29. The second kappa shape index (κ2) is 4.51. The van der Waals surface area contributed by atoms with E-state index in [1.165, 1.54) is 0 Å². The van der Waals surface area contributed by atoms with Crippen molar-refractivity contribution in [1.82, 2.24) is 0 Å². The second-order valence-corrected chi connectivity index (χ2v) is 4.29. The lowest BCUT2D eigenvalue weighted by Crippen LogP contribution is -2.62. The van der Waals surface area contributed by atoms with Crippen LogP contribution in [0.5, 0.6) is 0 Å². The Bertz CT molecular complexity index is 443. The highest BCUT2D eigenvalue weighted by Gasteiger charge is 2.82. The molecule has 1 atom stereocenters. The van der Waals surface area contributed by atoms with Crippen LogP contribution in [0.25, 0.3) is 0 Å². The normalized spacial score (nSPS) is 27.1. The van der Waals surface area contributed by atoms with Gasteiger partial charge in [0.1, 0.15) is 0 Å². The van der Waals surface area contributed by atoms with Crippen molar-refractivity contribution < 1.29 is 48.6 Å². The summed E-state index contributed by atoms with van der Waals surface area (Å²) < 4.78 is 129. The summed E-state index contributed by atoms with van der Waals surface area (Å²) in [4.78, 5) is 1.74. The van der Waals surface area contributed by atoms with E-state index in [-0.39, 0.29) is 0 Å². The van der Waals surface area contributed by atoms with Crippen molar-refractivity contribution in [2.45, 2.75) is 35.5 Å². The van der Waals surface area contributed by atoms with Gasteiger partial charge in [0.05, 0.1) is 0 Å². The third-order valence-corrected chi connectivity index (χ3v) is 2.89. The van der Waals surface area contributed by atoms with Crippen molar-refractivity contribution in [3.63, 3.8) is 0 Å². The monoisotopic (exact) mass is 356 g/mol. The van der Waals surface area contributed by atoms with Gasteiger partial charge in [0, 0.05) is 0 Å². The van der Waals surface area contributed by atoms with Gasteiger partial charge in [0.2, 0.25) is 0 Å². The van der Waals surface area contributed by atoms with Gasteiger partial charge in [-0.2, -0.15) is 35.1 Å². The minimum absolute atomic E-state index is 1.74. The molecule has 0 fully saturated rings. The van der Waals surface area contributed by atoms with Crippen molar-refractivity contribution in [3.8, 4) is 0 Å². The van der Waals surface area contributed by atoms with E-state index in [0.29, 0.717) is 0 Å². The minimum atomic E-state index is -6.43. The summed E-state index contributed by atoms with van der Waals surface area (Å²) in [7, 11) is 0. The highest BCUT2D eigenvalue weighted by atomic mass is 35.5. The number of amidine groups is 1. The van der Waals surface area contributed by atoms with E-state index in [2.05, 4.69) is 10.5 Å². The first-order valence-electron chi connectivity index (χ1n) is 4.57. The average Bonchev–Trinajstić information content (AvgIpc) is 2.52. The van der Waals surface area contributed by atoms with Gasteiger partial charge in [-0.3, -0.25) is 0 Å². The van der Waals surface area contributed by atoms with Gasteiger partial charge < -0.3 is 10.5 Å². The van der Waals surface area contributed by atoms with Crippen LogP contribution in [0.4, 0.5) is 43.9 Å². The molecule has 14 heteroatoms. The second-order valence-electron chi connectivity index (χ2n) is 3.76. The van der Waals surface area contributed by atoms with Crippen molar-refractivity contribution in [2.75, 3.05) is 0 Å². The fourth-order valence-corrected chi connectivity index (χ4v) is 1.54. The number of rotatable bonds is 2. The average molecular weight is 357 g/mol. The fraction of sp³-hybridized carbons (Fsp3) is 0.857. The lowest BCUT2D eigenvalue weighted by Gasteiger charge is -2.35. The summed E-state index contributed by atoms with van der Waals surface area (Å²) in [6.07, 6.45) is -17.6. The first-order valence-corrected chi connectivity index (χ1v) is 4.95. The maximum absolute atomic E-state index is 13.1. The van der Waals surface area contributed by atoms with Crippen LogP contribution in [0.3, 0.4) is 0 Å². The molecule has 1 rings (SSSR count). The zero-order chi connectivity index (χ0) is 17.1. The van der Waals surface area contributed by atoms with Gasteiger partial charge in [-0.1, -0.05) is 11.6 Å². The molecule has 1 aliphatic rings. The molecule has 3 nitrogen and oxygen atoms in total. The van der Waals surface area contributed by atoms with E-state index in [0.717, 1.165) is 0 Å². The molecule has 0 saturated carbocycles. The van der Waals surface area contributed by atoms with Crippen molar-refractivity contribution in [1.29, 1.82) is 0 Å². The Morgan fingerprint density at radius 3 is 1.62 bits per heavy atom. The summed E-state index contributed by atoms with van der Waals surface area (Å²) in [5.41, 5.74) is -1.08. The standard InChI is InChI=1S/C7H3ClF10N2O/c8-3(4(11,12)1(9)10)2(19)20-5(21-3,6(13,14)15)7(16,17)18/h1H,(H2,19,20). The zero-order valence-corrected chi connectivity index (χ0v) is 9.92. The van der Waals surface area contributed by atoms with Gasteiger partial charge in [0.25, 0.3) is 5.06 Å². The Kier molecular flexibility index (Phi) is 3.88. The number of hydrogen-bond donors (Lipinski definition) is 1. The van der Waals surface area contributed by atoms with Crippen LogP contribution in [0.1, 0.15) is 0 Å². The molecule has 0 aromatic rings. The molecule has 0 bridgehead atoms. The van der Waals surface area contributed by atoms with E-state index in [9.17, 15) is 43.9 Å². The van der Waals surface area contributed by atoms with Crippen LogP contribution >= 0.6 is 11.6 Å². The molecule has 0 aromatic carbocycles. The Morgan fingerprint density at radius 1 is 1.00 bits per heavy atom. The van der Waals surface area contributed by atoms with E-state index in [1.807, 2.05) is 0 Å². The van der Waals surface area contributed by atoms with Gasteiger partial charge >= 0.3 is 30.4 Å². The lowest BCUT2D eigenvalue weighted by molar-refractivity contribution is -0.392. The van der Waals surface area contributed by atoms with Crippen LogP contribution < -0.4 is 5.73 Å². The summed E-state index contributed by atoms with van der Waals surface area (Å²) in [6.45, 7) is 0. The summed E-state index contributed by atoms with van der Waals surface area (Å²) >= 11 is 4.70. The molecule has 1 aliphatic heterocycles. The number of aliphatic imine (C=N–C) groups is 1. The highest BCUT2D eigenvalue weighted by molar-refractivity contribution is 6.35. The summed E-state index contributed by atoms with van der Waals surface area (Å²) in [6, 6.07) is 0. The van der Waals surface area contributed by atoms with Crippen LogP contribution in [-0.4, -0.2) is 41.3 Å². The molecule has 0 aromatic heterocycles. The maximum atomic E-state index is 13.1. The number of alkyl halides is 11. The third-order valence-electron chi connectivity index (χ3n) is 2.37. The Hall–Kier alpha value is -0.980. The molecule has 21 heavy (non-hydrogen) atoms. The first kappa shape index (κ1) is 18.1. The van der Waals surface area contributed by atoms with Crippen LogP contribution in [-0.2, 0) is 4.74 Å². The first-order chi connectivity index (χ1) is 9.03. The molecule has 1 unspecified atom stereocenters. The molecule has 0 aliphatic carbocycles. The minimum Gasteiger partial charge on any atom is -0.384 e. The Labute approximate surface area is 113 Å². The number of nitrogens with two attached hydrogens (primary N) is 1. The van der Waals surface area contributed by atoms with Gasteiger partial charge in [-0.25, -0.2) is 13.8 Å². The molecule has 2 N–H and O–H groups in total. The lowest BCUT2D eigenvalue weighted by atomic mass is 10.1. The van der Waals surface area contributed by atoms with E-state index < -0.39 is 41.3 Å². The molecule has 1 heterocycles. The topological polar surface area (TPSA) is 47.6 Å². The predicted molar refractivity (Wildman–Crippen MR) is 47.1 cm³/mol. The molecular formula is C7H3ClF10N2O. The Balaban J connectivity index is 3.50. The molecular weight excluding hydrogens is 354 g/mol. The largest absolute Gasteiger partial charge is 0.448 e. The highest BCUT2D eigenvalue weighted by Crippen LogP contribution is 2.56. The van der Waals surface area contributed by atoms with Crippen LogP contribution in [0.15, 0.2) is 4.99 Å². The van der Waals surface area contributed by atoms with Gasteiger partial charge in [0.15, 0.2) is 5.84 Å².